The third kappa shape index (κ3) is 5.36. The number of carbonyl (C=O) groups is 1. The van der Waals surface area contributed by atoms with Crippen molar-refractivity contribution in [3.63, 3.8) is 0 Å². The van der Waals surface area contributed by atoms with Crippen LogP contribution in [0.15, 0.2) is 28.2 Å². The topological polar surface area (TPSA) is 71.3 Å². The average molecular weight is 393 g/mol. The van der Waals surface area contributed by atoms with Crippen molar-refractivity contribution < 1.29 is 14.3 Å². The average Bonchev–Trinajstić information content (AvgIpc) is 3.10. The molecule has 0 saturated carbocycles. The first kappa shape index (κ1) is 18.5. The van der Waals surface area contributed by atoms with E-state index in [9.17, 15) is 10.1 Å². The Bertz CT molecular complexity index is 646. The van der Waals surface area contributed by atoms with Crippen LogP contribution in [0.25, 0.3) is 6.08 Å². The summed E-state index contributed by atoms with van der Waals surface area (Å²) in [7, 11) is 0. The van der Waals surface area contributed by atoms with Crippen molar-refractivity contribution in [3.8, 4) is 11.8 Å². The second-order valence-electron chi connectivity index (χ2n) is 5.55. The smallest absolute Gasteiger partial charge is 0.262 e. The van der Waals surface area contributed by atoms with Gasteiger partial charge in [-0.05, 0) is 43.5 Å². The van der Waals surface area contributed by atoms with Gasteiger partial charge in [-0.25, -0.2) is 0 Å². The minimum atomic E-state index is -0.394. The Labute approximate surface area is 150 Å². The number of hydrogen-bond acceptors (Lipinski definition) is 4. The lowest BCUT2D eigenvalue weighted by atomic mass is 10.1. The van der Waals surface area contributed by atoms with Crippen molar-refractivity contribution in [1.82, 2.24) is 5.32 Å². The Hall–Kier alpha value is -1.84. The molecule has 5 nitrogen and oxygen atoms in total. The van der Waals surface area contributed by atoms with Gasteiger partial charge in [-0.1, -0.05) is 22.9 Å². The maximum absolute atomic E-state index is 12.2. The molecular weight excluding hydrogens is 372 g/mol. The predicted octanol–water partition coefficient (Wildman–Crippen LogP) is 3.44. The van der Waals surface area contributed by atoms with E-state index in [1.54, 1.807) is 6.08 Å². The fraction of sp³-hybridized carbons (Fsp3) is 0.444. The van der Waals surface area contributed by atoms with Gasteiger partial charge in [0.25, 0.3) is 5.91 Å². The predicted molar refractivity (Wildman–Crippen MR) is 95.5 cm³/mol. The summed E-state index contributed by atoms with van der Waals surface area (Å²) in [4.78, 5) is 12.2. The molecule has 6 heteroatoms. The van der Waals surface area contributed by atoms with E-state index in [1.165, 1.54) is 0 Å². The quantitative estimate of drug-likeness (QED) is 0.569. The number of carbonyl (C=O) groups excluding carboxylic acids is 1. The fourth-order valence-electron chi connectivity index (χ4n) is 2.39. The van der Waals surface area contributed by atoms with Gasteiger partial charge in [0.1, 0.15) is 17.4 Å². The third-order valence-electron chi connectivity index (χ3n) is 3.61. The first-order valence-electron chi connectivity index (χ1n) is 8.08. The highest BCUT2D eigenvalue weighted by molar-refractivity contribution is 9.10. The van der Waals surface area contributed by atoms with E-state index < -0.39 is 5.91 Å². The maximum atomic E-state index is 12.2. The van der Waals surface area contributed by atoms with Gasteiger partial charge in [0.05, 0.1) is 12.7 Å². The molecule has 0 aliphatic carbocycles. The molecule has 1 amide bonds. The van der Waals surface area contributed by atoms with E-state index in [4.69, 9.17) is 9.47 Å². The third-order valence-corrected chi connectivity index (χ3v) is 4.11. The van der Waals surface area contributed by atoms with Crippen molar-refractivity contribution in [1.29, 1.82) is 5.26 Å². The second-order valence-corrected chi connectivity index (χ2v) is 6.46. The molecule has 1 aliphatic heterocycles. The SMILES string of the molecule is CCCOc1ccc(Br)cc1/C=C(\C#N)C(=O)NCC1CCCO1. The number of amides is 1. The van der Waals surface area contributed by atoms with Gasteiger partial charge < -0.3 is 14.8 Å². The zero-order chi connectivity index (χ0) is 17.4. The van der Waals surface area contributed by atoms with Gasteiger partial charge in [-0.15, -0.1) is 0 Å². The van der Waals surface area contributed by atoms with Crippen LogP contribution in [0, 0.1) is 11.3 Å². The minimum Gasteiger partial charge on any atom is -0.493 e. The first-order valence-corrected chi connectivity index (χ1v) is 8.87. The summed E-state index contributed by atoms with van der Waals surface area (Å²) >= 11 is 3.40. The molecule has 1 aromatic carbocycles. The standard InChI is InChI=1S/C18H21BrN2O3/c1-2-7-24-17-6-5-15(19)10-13(17)9-14(11-20)18(22)21-12-16-4-3-8-23-16/h5-6,9-10,16H,2-4,7-8,12H2,1H3,(H,21,22)/b14-9+. The summed E-state index contributed by atoms with van der Waals surface area (Å²) in [6.45, 7) is 3.76. The van der Waals surface area contributed by atoms with Crippen molar-refractivity contribution in [3.05, 3.63) is 33.8 Å². The number of ether oxygens (including phenoxy) is 2. The number of rotatable bonds is 7. The minimum absolute atomic E-state index is 0.0446. The van der Waals surface area contributed by atoms with Crippen LogP contribution in [0.5, 0.6) is 5.75 Å². The number of nitrogens with zero attached hydrogens (tertiary/aromatic N) is 1. The summed E-state index contributed by atoms with van der Waals surface area (Å²) < 4.78 is 12.0. The Morgan fingerprint density at radius 3 is 3.08 bits per heavy atom. The Morgan fingerprint density at radius 1 is 1.58 bits per heavy atom. The van der Waals surface area contributed by atoms with Gasteiger partial charge in [0, 0.05) is 23.2 Å². The van der Waals surface area contributed by atoms with Crippen LogP contribution < -0.4 is 10.1 Å². The lowest BCUT2D eigenvalue weighted by Crippen LogP contribution is -2.32. The van der Waals surface area contributed by atoms with Gasteiger partial charge in [0.2, 0.25) is 0 Å². The molecule has 1 unspecified atom stereocenters. The number of hydrogen-bond donors (Lipinski definition) is 1. The van der Waals surface area contributed by atoms with Crippen molar-refractivity contribution >= 4 is 27.9 Å². The molecule has 1 aromatic rings. The summed E-state index contributed by atoms with van der Waals surface area (Å²) in [5.74, 6) is 0.258. The maximum Gasteiger partial charge on any atom is 0.262 e. The molecule has 0 spiro atoms. The molecule has 1 saturated heterocycles. The van der Waals surface area contributed by atoms with Crippen molar-refractivity contribution in [2.45, 2.75) is 32.3 Å². The van der Waals surface area contributed by atoms with Crippen molar-refractivity contribution in [2.24, 2.45) is 0 Å². The highest BCUT2D eigenvalue weighted by Crippen LogP contribution is 2.26. The molecule has 1 fully saturated rings. The molecule has 1 atom stereocenters. The Morgan fingerprint density at radius 2 is 2.42 bits per heavy atom. The van der Waals surface area contributed by atoms with E-state index in [1.807, 2.05) is 31.2 Å². The van der Waals surface area contributed by atoms with Crippen LogP contribution in [-0.4, -0.2) is 31.8 Å². The number of nitrogens with one attached hydrogen (secondary N) is 1. The van der Waals surface area contributed by atoms with Crippen LogP contribution in [-0.2, 0) is 9.53 Å². The molecule has 0 bridgehead atoms. The van der Waals surface area contributed by atoms with Gasteiger partial charge >= 0.3 is 0 Å². The fourth-order valence-corrected chi connectivity index (χ4v) is 2.77. The van der Waals surface area contributed by atoms with Gasteiger partial charge in [0.15, 0.2) is 0 Å². The van der Waals surface area contributed by atoms with Crippen LogP contribution in [0.1, 0.15) is 31.7 Å². The molecule has 0 aromatic heterocycles. The Kier molecular flexibility index (Phi) is 7.29. The van der Waals surface area contributed by atoms with Crippen LogP contribution in [0.4, 0.5) is 0 Å². The first-order chi connectivity index (χ1) is 11.6. The molecule has 1 heterocycles. The monoisotopic (exact) mass is 392 g/mol. The summed E-state index contributed by atoms with van der Waals surface area (Å²) in [6, 6.07) is 7.49. The zero-order valence-corrected chi connectivity index (χ0v) is 15.3. The van der Waals surface area contributed by atoms with Gasteiger partial charge in [-0.2, -0.15) is 5.26 Å². The molecule has 2 rings (SSSR count). The highest BCUT2D eigenvalue weighted by Gasteiger charge is 2.18. The second kappa shape index (κ2) is 9.45. The normalized spacial score (nSPS) is 17.4. The number of nitriles is 1. The highest BCUT2D eigenvalue weighted by atomic mass is 79.9. The number of halogens is 1. The summed E-state index contributed by atoms with van der Waals surface area (Å²) in [6.07, 6.45) is 4.43. The van der Waals surface area contributed by atoms with E-state index in [-0.39, 0.29) is 11.7 Å². The van der Waals surface area contributed by atoms with Crippen LogP contribution >= 0.6 is 15.9 Å². The molecular formula is C18H21BrN2O3. The van der Waals surface area contributed by atoms with Gasteiger partial charge in [-0.3, -0.25) is 4.79 Å². The van der Waals surface area contributed by atoms with Crippen LogP contribution in [0.3, 0.4) is 0 Å². The molecule has 1 N–H and O–H groups in total. The Balaban J connectivity index is 2.11. The van der Waals surface area contributed by atoms with Crippen molar-refractivity contribution in [2.75, 3.05) is 19.8 Å². The lowest BCUT2D eigenvalue weighted by molar-refractivity contribution is -0.117. The molecule has 24 heavy (non-hydrogen) atoms. The lowest BCUT2D eigenvalue weighted by Gasteiger charge is -2.11. The number of benzene rings is 1. The largest absolute Gasteiger partial charge is 0.493 e. The van der Waals surface area contributed by atoms with E-state index >= 15 is 0 Å². The molecule has 1 aliphatic rings. The van der Waals surface area contributed by atoms with E-state index in [2.05, 4.69) is 21.2 Å². The zero-order valence-electron chi connectivity index (χ0n) is 13.7. The summed E-state index contributed by atoms with van der Waals surface area (Å²) in [5.41, 5.74) is 0.745. The molecule has 0 radical (unpaired) electrons. The van der Waals surface area contributed by atoms with E-state index in [0.717, 1.165) is 30.3 Å². The van der Waals surface area contributed by atoms with Crippen LogP contribution in [0.2, 0.25) is 0 Å². The van der Waals surface area contributed by atoms with E-state index in [0.29, 0.717) is 24.5 Å². The summed E-state index contributed by atoms with van der Waals surface area (Å²) in [5, 5.41) is 12.1. The molecule has 128 valence electrons.